The summed E-state index contributed by atoms with van der Waals surface area (Å²) in [6.07, 6.45) is 4.63. The number of carbonyl (C=O) groups excluding carboxylic acids is 1. The summed E-state index contributed by atoms with van der Waals surface area (Å²) in [6.45, 7) is 3.57. The standard InChI is InChI=1S/C23H21ClN6O2/c1-12(28-21-15(11-25)20(26)29-22(27)30-21)16-17(31)14-9-6-10-23(2,24)19(14)32-18(16)13-7-4-3-5-8-13/h3-10,12,19H,1-2H3,(H5,26,27,28,29,30). The first-order valence-electron chi connectivity index (χ1n) is 9.92. The molecule has 1 aromatic carbocycles. The maximum atomic E-state index is 13.7. The number of carbonyl (C=O) groups is 1. The van der Waals surface area contributed by atoms with E-state index in [2.05, 4.69) is 15.3 Å². The number of fused-ring (bicyclic) bond motifs is 1. The summed E-state index contributed by atoms with van der Waals surface area (Å²) >= 11 is 6.67. The summed E-state index contributed by atoms with van der Waals surface area (Å²) in [5.41, 5.74) is 13.1. The van der Waals surface area contributed by atoms with Crippen LogP contribution >= 0.6 is 11.6 Å². The lowest BCUT2D eigenvalue weighted by molar-refractivity contribution is -0.114. The van der Waals surface area contributed by atoms with Gasteiger partial charge < -0.3 is 21.5 Å². The van der Waals surface area contributed by atoms with Crippen LogP contribution < -0.4 is 16.8 Å². The lowest BCUT2D eigenvalue weighted by Crippen LogP contribution is -2.44. The molecule has 1 aliphatic carbocycles. The molecule has 0 spiro atoms. The molecule has 0 fully saturated rings. The van der Waals surface area contributed by atoms with Gasteiger partial charge in [-0.05, 0) is 13.8 Å². The van der Waals surface area contributed by atoms with Crippen molar-refractivity contribution in [1.82, 2.24) is 9.97 Å². The van der Waals surface area contributed by atoms with Crippen LogP contribution in [-0.4, -0.2) is 32.8 Å². The third-order valence-electron chi connectivity index (χ3n) is 5.37. The molecular formula is C23H21ClN6O2. The van der Waals surface area contributed by atoms with Crippen molar-refractivity contribution in [3.8, 4) is 6.07 Å². The molecule has 3 atom stereocenters. The molecule has 0 amide bonds. The van der Waals surface area contributed by atoms with Gasteiger partial charge in [0.2, 0.25) is 5.95 Å². The zero-order chi connectivity index (χ0) is 23.0. The highest BCUT2D eigenvalue weighted by atomic mass is 35.5. The van der Waals surface area contributed by atoms with E-state index in [1.54, 1.807) is 32.1 Å². The topological polar surface area (TPSA) is 140 Å². The van der Waals surface area contributed by atoms with Crippen molar-refractivity contribution in [3.05, 3.63) is 70.8 Å². The Morgan fingerprint density at radius 3 is 2.69 bits per heavy atom. The van der Waals surface area contributed by atoms with Crippen molar-refractivity contribution in [2.24, 2.45) is 0 Å². The van der Waals surface area contributed by atoms with Gasteiger partial charge in [-0.1, -0.05) is 48.6 Å². The Hall–Kier alpha value is -3.83. The fourth-order valence-corrected chi connectivity index (χ4v) is 4.06. The first kappa shape index (κ1) is 21.4. The first-order valence-corrected chi connectivity index (χ1v) is 10.3. The number of nitrogen functional groups attached to an aromatic ring is 2. The molecule has 2 heterocycles. The predicted molar refractivity (Wildman–Crippen MR) is 123 cm³/mol. The second-order valence-corrected chi connectivity index (χ2v) is 8.55. The van der Waals surface area contributed by atoms with Gasteiger partial charge in [0.15, 0.2) is 11.6 Å². The van der Waals surface area contributed by atoms with Crippen LogP contribution in [0, 0.1) is 11.3 Å². The van der Waals surface area contributed by atoms with E-state index in [1.165, 1.54) is 0 Å². The van der Waals surface area contributed by atoms with Crippen LogP contribution in [0.4, 0.5) is 17.6 Å². The van der Waals surface area contributed by atoms with Crippen molar-refractivity contribution in [1.29, 1.82) is 5.26 Å². The number of nitrogens with two attached hydrogens (primary N) is 2. The Morgan fingerprint density at radius 1 is 1.28 bits per heavy atom. The highest BCUT2D eigenvalue weighted by Gasteiger charge is 2.45. The lowest BCUT2D eigenvalue weighted by atomic mass is 9.82. The number of aromatic nitrogens is 2. The largest absolute Gasteiger partial charge is 0.482 e. The molecule has 9 heteroatoms. The number of hydrogen-bond acceptors (Lipinski definition) is 8. The summed E-state index contributed by atoms with van der Waals surface area (Å²) in [5.74, 6) is 0.215. The molecule has 1 aliphatic heterocycles. The van der Waals surface area contributed by atoms with Gasteiger partial charge in [-0.2, -0.15) is 15.2 Å². The molecule has 0 radical (unpaired) electrons. The van der Waals surface area contributed by atoms with E-state index < -0.39 is 17.0 Å². The van der Waals surface area contributed by atoms with Crippen molar-refractivity contribution >= 4 is 40.7 Å². The summed E-state index contributed by atoms with van der Waals surface area (Å²) in [4.78, 5) is 20.7. The zero-order valence-electron chi connectivity index (χ0n) is 17.5. The van der Waals surface area contributed by atoms with E-state index in [1.807, 2.05) is 36.4 Å². The van der Waals surface area contributed by atoms with E-state index in [9.17, 15) is 10.1 Å². The summed E-state index contributed by atoms with van der Waals surface area (Å²) < 4.78 is 6.36. The number of Topliss-reactive ketones (excluding diaryl/α,β-unsaturated/α-hetero) is 1. The van der Waals surface area contributed by atoms with Crippen LogP contribution in [0.1, 0.15) is 25.0 Å². The number of ketones is 1. The monoisotopic (exact) mass is 448 g/mol. The Morgan fingerprint density at radius 2 is 2.00 bits per heavy atom. The molecule has 3 unspecified atom stereocenters. The molecule has 32 heavy (non-hydrogen) atoms. The van der Waals surface area contributed by atoms with Crippen LogP contribution in [0.15, 0.2) is 59.7 Å². The van der Waals surface area contributed by atoms with Crippen molar-refractivity contribution < 1.29 is 9.53 Å². The number of nitrogens with one attached hydrogen (secondary N) is 1. The maximum absolute atomic E-state index is 13.7. The van der Waals surface area contributed by atoms with E-state index in [-0.39, 0.29) is 28.9 Å². The minimum Gasteiger partial charge on any atom is -0.482 e. The van der Waals surface area contributed by atoms with Crippen molar-refractivity contribution in [2.75, 3.05) is 16.8 Å². The molecule has 5 N–H and O–H groups in total. The Bertz CT molecular complexity index is 1230. The predicted octanol–water partition coefficient (Wildman–Crippen LogP) is 3.19. The number of halogens is 1. The van der Waals surface area contributed by atoms with Crippen LogP contribution in [0.25, 0.3) is 5.76 Å². The zero-order valence-corrected chi connectivity index (χ0v) is 18.2. The molecule has 0 saturated carbocycles. The van der Waals surface area contributed by atoms with E-state index in [0.717, 1.165) is 5.56 Å². The first-order chi connectivity index (χ1) is 15.2. The van der Waals surface area contributed by atoms with Gasteiger partial charge >= 0.3 is 0 Å². The maximum Gasteiger partial charge on any atom is 0.224 e. The Balaban J connectivity index is 1.84. The minimum absolute atomic E-state index is 0.0445. The lowest BCUT2D eigenvalue weighted by Gasteiger charge is -2.39. The molecule has 2 aromatic rings. The van der Waals surface area contributed by atoms with Gasteiger partial charge in [-0.15, -0.1) is 11.6 Å². The smallest absolute Gasteiger partial charge is 0.224 e. The number of nitrogens with zero attached hydrogens (tertiary/aromatic N) is 3. The van der Waals surface area contributed by atoms with Crippen molar-refractivity contribution in [3.63, 3.8) is 0 Å². The third kappa shape index (κ3) is 3.67. The number of nitriles is 1. The molecule has 1 aromatic heterocycles. The average molecular weight is 449 g/mol. The fourth-order valence-electron chi connectivity index (χ4n) is 3.83. The highest BCUT2D eigenvalue weighted by Crippen LogP contribution is 2.42. The number of ether oxygens (including phenoxy) is 1. The molecule has 8 nitrogen and oxygen atoms in total. The van der Waals surface area contributed by atoms with Gasteiger partial charge in [-0.25, -0.2) is 0 Å². The average Bonchev–Trinajstić information content (AvgIpc) is 2.74. The van der Waals surface area contributed by atoms with Crippen LogP contribution in [0.5, 0.6) is 0 Å². The van der Waals surface area contributed by atoms with Gasteiger partial charge in [0, 0.05) is 11.1 Å². The SMILES string of the molecule is CC(Nc1nc(N)nc(N)c1C#N)C1=C(c2ccccc2)OC2C(=CC=CC2(C)Cl)C1=O. The molecule has 0 bridgehead atoms. The number of benzene rings is 1. The van der Waals surface area contributed by atoms with E-state index in [4.69, 9.17) is 27.8 Å². The molecule has 162 valence electrons. The summed E-state index contributed by atoms with van der Waals surface area (Å²) in [7, 11) is 0. The molecule has 4 rings (SSSR count). The number of allylic oxidation sites excluding steroid dienone is 2. The van der Waals surface area contributed by atoms with Crippen LogP contribution in [0.3, 0.4) is 0 Å². The number of alkyl halides is 1. The van der Waals surface area contributed by atoms with E-state index >= 15 is 0 Å². The highest BCUT2D eigenvalue weighted by molar-refractivity contribution is 6.27. The Labute approximate surface area is 190 Å². The summed E-state index contributed by atoms with van der Waals surface area (Å²) in [6, 6.07) is 10.7. The third-order valence-corrected chi connectivity index (χ3v) is 5.69. The van der Waals surface area contributed by atoms with Crippen LogP contribution in [0.2, 0.25) is 0 Å². The minimum atomic E-state index is -0.883. The van der Waals surface area contributed by atoms with Gasteiger partial charge in [-0.3, -0.25) is 4.79 Å². The van der Waals surface area contributed by atoms with Gasteiger partial charge in [0.25, 0.3) is 0 Å². The fraction of sp³-hybridized carbons (Fsp3) is 0.217. The number of hydrogen-bond donors (Lipinski definition) is 3. The molecule has 2 aliphatic rings. The van der Waals surface area contributed by atoms with Gasteiger partial charge in [0.1, 0.15) is 34.2 Å². The normalized spacial score (nSPS) is 23.0. The van der Waals surface area contributed by atoms with Crippen molar-refractivity contribution in [2.45, 2.75) is 30.9 Å². The summed E-state index contributed by atoms with van der Waals surface area (Å²) in [5, 5.41) is 12.6. The second-order valence-electron chi connectivity index (χ2n) is 7.74. The quantitative estimate of drug-likeness (QED) is 0.605. The van der Waals surface area contributed by atoms with Gasteiger partial charge in [0.05, 0.1) is 11.6 Å². The van der Waals surface area contributed by atoms with Crippen LogP contribution in [-0.2, 0) is 9.53 Å². The molecule has 0 saturated heterocycles. The second kappa shape index (κ2) is 8.02. The Kier molecular flexibility index (Phi) is 5.36. The number of rotatable bonds is 4. The molecular weight excluding hydrogens is 428 g/mol. The number of anilines is 3. The van der Waals surface area contributed by atoms with E-state index in [0.29, 0.717) is 16.9 Å².